The summed E-state index contributed by atoms with van der Waals surface area (Å²) in [6.45, 7) is 8.31. The Morgan fingerprint density at radius 3 is 2.75 bits per heavy atom. The van der Waals surface area contributed by atoms with E-state index in [1.165, 1.54) is 18.5 Å². The van der Waals surface area contributed by atoms with E-state index in [9.17, 15) is 0 Å². The first-order chi connectivity index (χ1) is 13.8. The monoisotopic (exact) mass is 385 g/mol. The van der Waals surface area contributed by atoms with Gasteiger partial charge in [-0.2, -0.15) is 0 Å². The molecule has 1 aromatic carbocycles. The van der Waals surface area contributed by atoms with Crippen molar-refractivity contribution < 1.29 is 9.64 Å². The average molecular weight is 386 g/mol. The van der Waals surface area contributed by atoms with Gasteiger partial charge in [-0.15, -0.1) is 5.10 Å². The van der Waals surface area contributed by atoms with Crippen LogP contribution in [0.5, 0.6) is 0 Å². The fourth-order valence-electron chi connectivity index (χ4n) is 4.54. The molecule has 4 rings (SSSR count). The Labute approximate surface area is 167 Å². The lowest BCUT2D eigenvalue weighted by atomic mass is 10.1. The highest BCUT2D eigenvalue weighted by molar-refractivity contribution is 5.46. The Bertz CT molecular complexity index is 707. The molecule has 0 aliphatic carbocycles. The number of unbranched alkanes of at least 4 members (excludes halogenated alkanes) is 1. The SMILES string of the molecule is CCCC[C@H](c1nnnn1C[C@@H]1CCCO1)[NH+]1CCN(c2ccccc2)CC1. The largest absolute Gasteiger partial charge is 0.376 e. The van der Waals surface area contributed by atoms with Gasteiger partial charge >= 0.3 is 0 Å². The van der Waals surface area contributed by atoms with Crippen molar-refractivity contribution >= 4 is 5.69 Å². The third-order valence-electron chi connectivity index (χ3n) is 6.14. The van der Waals surface area contributed by atoms with Gasteiger partial charge in [0.05, 0.1) is 38.8 Å². The van der Waals surface area contributed by atoms with Crippen LogP contribution < -0.4 is 9.80 Å². The number of hydrogen-bond acceptors (Lipinski definition) is 5. The van der Waals surface area contributed by atoms with Crippen LogP contribution in [0.2, 0.25) is 0 Å². The molecule has 0 radical (unpaired) electrons. The molecule has 28 heavy (non-hydrogen) atoms. The number of nitrogens with zero attached hydrogens (tertiary/aromatic N) is 5. The second-order valence-corrected chi connectivity index (χ2v) is 8.03. The number of para-hydroxylation sites is 1. The number of quaternary nitrogens is 1. The van der Waals surface area contributed by atoms with Gasteiger partial charge in [-0.1, -0.05) is 31.5 Å². The van der Waals surface area contributed by atoms with Crippen LogP contribution in [0.1, 0.15) is 50.9 Å². The number of tetrazole rings is 1. The number of rotatable bonds is 8. The summed E-state index contributed by atoms with van der Waals surface area (Å²) in [5.74, 6) is 1.05. The Morgan fingerprint density at radius 1 is 1.21 bits per heavy atom. The van der Waals surface area contributed by atoms with Crippen LogP contribution in [0.25, 0.3) is 0 Å². The van der Waals surface area contributed by atoms with E-state index in [1.807, 2.05) is 4.68 Å². The lowest BCUT2D eigenvalue weighted by Crippen LogP contribution is -3.15. The van der Waals surface area contributed by atoms with Gasteiger partial charge in [-0.05, 0) is 41.8 Å². The van der Waals surface area contributed by atoms with E-state index in [1.54, 1.807) is 4.90 Å². The van der Waals surface area contributed by atoms with Gasteiger partial charge in [0.25, 0.3) is 0 Å². The van der Waals surface area contributed by atoms with Gasteiger partial charge in [0.2, 0.25) is 5.82 Å². The van der Waals surface area contributed by atoms with Crippen LogP contribution in [-0.4, -0.2) is 59.1 Å². The quantitative estimate of drug-likeness (QED) is 0.746. The first-order valence-corrected chi connectivity index (χ1v) is 10.9. The van der Waals surface area contributed by atoms with Gasteiger partial charge in [-0.3, -0.25) is 0 Å². The molecule has 7 nitrogen and oxygen atoms in total. The Balaban J connectivity index is 1.44. The first kappa shape index (κ1) is 19.3. The minimum absolute atomic E-state index is 0.263. The lowest BCUT2D eigenvalue weighted by Gasteiger charge is -2.37. The fraction of sp³-hybridized carbons (Fsp3) is 0.667. The molecule has 152 valence electrons. The van der Waals surface area contributed by atoms with E-state index in [0.29, 0.717) is 6.04 Å². The molecule has 0 unspecified atom stereocenters. The van der Waals surface area contributed by atoms with Crippen molar-refractivity contribution in [3.8, 4) is 0 Å². The van der Waals surface area contributed by atoms with Crippen LogP contribution in [0.3, 0.4) is 0 Å². The number of hydrogen-bond donors (Lipinski definition) is 1. The molecule has 7 heteroatoms. The fourth-order valence-corrected chi connectivity index (χ4v) is 4.54. The molecular formula is C21H33N6O+. The second kappa shape index (κ2) is 9.47. The zero-order chi connectivity index (χ0) is 19.2. The number of piperazine rings is 1. The van der Waals surface area contributed by atoms with Gasteiger partial charge < -0.3 is 14.5 Å². The molecule has 0 saturated carbocycles. The topological polar surface area (TPSA) is 60.5 Å². The highest BCUT2D eigenvalue weighted by atomic mass is 16.5. The number of aromatic nitrogens is 4. The normalized spacial score (nSPS) is 21.9. The maximum absolute atomic E-state index is 5.82. The van der Waals surface area contributed by atoms with Gasteiger partial charge in [0, 0.05) is 18.7 Å². The molecule has 1 aromatic heterocycles. The second-order valence-electron chi connectivity index (χ2n) is 8.03. The average Bonchev–Trinajstić information content (AvgIpc) is 3.42. The van der Waals surface area contributed by atoms with Crippen LogP contribution >= 0.6 is 0 Å². The van der Waals surface area contributed by atoms with Gasteiger partial charge in [0.1, 0.15) is 6.04 Å². The summed E-state index contributed by atoms with van der Waals surface area (Å²) in [5, 5.41) is 12.8. The van der Waals surface area contributed by atoms with Crippen molar-refractivity contribution in [3.63, 3.8) is 0 Å². The minimum Gasteiger partial charge on any atom is -0.376 e. The Morgan fingerprint density at radius 2 is 2.04 bits per heavy atom. The summed E-state index contributed by atoms with van der Waals surface area (Å²) in [5.41, 5.74) is 1.33. The summed E-state index contributed by atoms with van der Waals surface area (Å²) in [4.78, 5) is 4.11. The maximum atomic E-state index is 5.82. The lowest BCUT2D eigenvalue weighted by molar-refractivity contribution is -0.933. The van der Waals surface area contributed by atoms with Gasteiger partial charge in [0.15, 0.2) is 0 Å². The van der Waals surface area contributed by atoms with E-state index in [-0.39, 0.29) is 6.10 Å². The molecule has 2 aromatic rings. The molecule has 1 N–H and O–H groups in total. The summed E-state index contributed by atoms with van der Waals surface area (Å²) >= 11 is 0. The Hall–Kier alpha value is -1.99. The van der Waals surface area contributed by atoms with E-state index >= 15 is 0 Å². The summed E-state index contributed by atoms with van der Waals surface area (Å²) in [6.07, 6.45) is 6.08. The number of anilines is 1. The molecule has 2 fully saturated rings. The molecule has 2 aliphatic rings. The van der Waals surface area contributed by atoms with Crippen LogP contribution in [0, 0.1) is 0 Å². The zero-order valence-electron chi connectivity index (χ0n) is 17.0. The smallest absolute Gasteiger partial charge is 0.209 e. The molecular weight excluding hydrogens is 352 g/mol. The number of ether oxygens (including phenoxy) is 1. The first-order valence-electron chi connectivity index (χ1n) is 10.9. The third-order valence-corrected chi connectivity index (χ3v) is 6.14. The highest BCUT2D eigenvalue weighted by Gasteiger charge is 2.33. The van der Waals surface area contributed by atoms with Crippen molar-refractivity contribution in [2.24, 2.45) is 0 Å². The molecule has 0 amide bonds. The molecule has 2 aliphatic heterocycles. The molecule has 0 bridgehead atoms. The van der Waals surface area contributed by atoms with E-state index in [0.717, 1.165) is 64.4 Å². The summed E-state index contributed by atoms with van der Waals surface area (Å²) in [6, 6.07) is 11.1. The minimum atomic E-state index is 0.263. The third kappa shape index (κ3) is 4.52. The predicted octanol–water partition coefficient (Wildman–Crippen LogP) is 1.49. The predicted molar refractivity (Wildman–Crippen MR) is 108 cm³/mol. The highest BCUT2D eigenvalue weighted by Crippen LogP contribution is 2.19. The number of nitrogens with one attached hydrogen (secondary N) is 1. The van der Waals surface area contributed by atoms with Crippen LogP contribution in [0.15, 0.2) is 30.3 Å². The van der Waals surface area contributed by atoms with Crippen molar-refractivity contribution in [1.82, 2.24) is 20.2 Å². The van der Waals surface area contributed by atoms with Crippen LogP contribution in [0.4, 0.5) is 5.69 Å². The van der Waals surface area contributed by atoms with Crippen molar-refractivity contribution in [3.05, 3.63) is 36.2 Å². The maximum Gasteiger partial charge on any atom is 0.209 e. The molecule has 3 heterocycles. The summed E-state index contributed by atoms with van der Waals surface area (Å²) in [7, 11) is 0. The zero-order valence-corrected chi connectivity index (χ0v) is 17.0. The van der Waals surface area contributed by atoms with Crippen molar-refractivity contribution in [2.75, 3.05) is 37.7 Å². The van der Waals surface area contributed by atoms with Crippen molar-refractivity contribution in [1.29, 1.82) is 0 Å². The van der Waals surface area contributed by atoms with Crippen molar-refractivity contribution in [2.45, 2.75) is 57.7 Å². The summed E-state index contributed by atoms with van der Waals surface area (Å²) < 4.78 is 7.84. The molecule has 0 spiro atoms. The van der Waals surface area contributed by atoms with E-state index < -0.39 is 0 Å². The molecule has 2 saturated heterocycles. The Kier molecular flexibility index (Phi) is 6.54. The van der Waals surface area contributed by atoms with Gasteiger partial charge in [-0.25, -0.2) is 4.68 Å². The number of benzene rings is 1. The standard InChI is InChI=1S/C21H32N6O/c1-2-3-11-20(21-22-23-24-27(21)17-19-10-7-16-28-19)26-14-12-25(13-15-26)18-8-5-4-6-9-18/h4-6,8-9,19-20H,2-3,7,10-17H2,1H3/p+1/t19-,20+/m0/s1. The van der Waals surface area contributed by atoms with E-state index in [2.05, 4.69) is 57.7 Å². The van der Waals surface area contributed by atoms with Crippen LogP contribution in [-0.2, 0) is 11.3 Å². The molecule has 2 atom stereocenters. The van der Waals surface area contributed by atoms with E-state index in [4.69, 9.17) is 4.74 Å².